The first kappa shape index (κ1) is 17.0. The van der Waals surface area contributed by atoms with Gasteiger partial charge in [0.05, 0.1) is 18.6 Å². The summed E-state index contributed by atoms with van der Waals surface area (Å²) < 4.78 is 5.39. The molecule has 24 heavy (non-hydrogen) atoms. The molecule has 2 aromatic heterocycles. The first-order valence-corrected chi connectivity index (χ1v) is 10.8. The normalized spacial score (nSPS) is 22.0. The van der Waals surface area contributed by atoms with E-state index in [0.29, 0.717) is 5.15 Å². The maximum Gasteiger partial charge on any atom is 0.190 e. The molecule has 0 spiro atoms. The summed E-state index contributed by atoms with van der Waals surface area (Å²) in [5.41, 5.74) is 1.41. The van der Waals surface area contributed by atoms with Crippen LogP contribution in [0.25, 0.3) is 10.2 Å². The molecule has 0 bridgehead atoms. The minimum atomic E-state index is 0.640. The SMILES string of the molecule is CC1CCc2c(sc3nc(SCCN4CCOCC4)nc(Cl)c23)C1. The van der Waals surface area contributed by atoms with Crippen molar-refractivity contribution in [3.8, 4) is 0 Å². The number of halogens is 1. The number of hydrogen-bond acceptors (Lipinski definition) is 6. The van der Waals surface area contributed by atoms with Crippen LogP contribution in [0.1, 0.15) is 23.8 Å². The molecular weight excluding hydrogens is 362 g/mol. The van der Waals surface area contributed by atoms with Crippen molar-refractivity contribution >= 4 is 44.9 Å². The van der Waals surface area contributed by atoms with E-state index < -0.39 is 0 Å². The van der Waals surface area contributed by atoms with Gasteiger partial charge in [-0.3, -0.25) is 4.90 Å². The van der Waals surface area contributed by atoms with Gasteiger partial charge >= 0.3 is 0 Å². The van der Waals surface area contributed by atoms with Crippen LogP contribution in [0.15, 0.2) is 5.16 Å². The lowest BCUT2D eigenvalue weighted by molar-refractivity contribution is 0.0410. The lowest BCUT2D eigenvalue weighted by Gasteiger charge is -2.26. The molecule has 0 saturated carbocycles. The third-order valence-electron chi connectivity index (χ3n) is 4.83. The number of rotatable bonds is 4. The molecule has 1 atom stereocenters. The van der Waals surface area contributed by atoms with Gasteiger partial charge in [-0.25, -0.2) is 9.97 Å². The van der Waals surface area contributed by atoms with Crippen molar-refractivity contribution in [2.45, 2.75) is 31.3 Å². The Morgan fingerprint density at radius 2 is 2.17 bits per heavy atom. The fourth-order valence-electron chi connectivity index (χ4n) is 3.43. The van der Waals surface area contributed by atoms with Gasteiger partial charge in [0.2, 0.25) is 0 Å². The third-order valence-corrected chi connectivity index (χ3v) is 7.08. The minimum absolute atomic E-state index is 0.640. The number of morpholine rings is 1. The van der Waals surface area contributed by atoms with Crippen LogP contribution in [0.5, 0.6) is 0 Å². The summed E-state index contributed by atoms with van der Waals surface area (Å²) in [5, 5.41) is 2.56. The Morgan fingerprint density at radius 3 is 3.00 bits per heavy atom. The van der Waals surface area contributed by atoms with E-state index in [0.717, 1.165) is 72.7 Å². The number of hydrogen-bond donors (Lipinski definition) is 0. The highest BCUT2D eigenvalue weighted by molar-refractivity contribution is 7.99. The quantitative estimate of drug-likeness (QED) is 0.455. The van der Waals surface area contributed by atoms with Crippen LogP contribution in [-0.4, -0.2) is 53.5 Å². The molecule has 7 heteroatoms. The second-order valence-electron chi connectivity index (χ2n) is 6.63. The van der Waals surface area contributed by atoms with Crippen LogP contribution >= 0.6 is 34.7 Å². The van der Waals surface area contributed by atoms with E-state index in [9.17, 15) is 0 Å². The molecule has 130 valence electrons. The fraction of sp³-hybridized carbons (Fsp3) is 0.647. The van der Waals surface area contributed by atoms with Gasteiger partial charge in [-0.05, 0) is 30.7 Å². The van der Waals surface area contributed by atoms with Crippen LogP contribution < -0.4 is 0 Å². The van der Waals surface area contributed by atoms with E-state index in [1.165, 1.54) is 16.9 Å². The predicted molar refractivity (Wildman–Crippen MR) is 102 cm³/mol. The maximum absolute atomic E-state index is 6.52. The van der Waals surface area contributed by atoms with E-state index >= 15 is 0 Å². The molecule has 0 N–H and O–H groups in total. The molecule has 4 nitrogen and oxygen atoms in total. The molecule has 1 aliphatic carbocycles. The largest absolute Gasteiger partial charge is 0.379 e. The molecule has 0 aromatic carbocycles. The number of thioether (sulfide) groups is 1. The van der Waals surface area contributed by atoms with Gasteiger partial charge in [-0.2, -0.15) is 0 Å². The second kappa shape index (κ2) is 7.46. The fourth-order valence-corrected chi connectivity index (χ4v) is 6.11. The van der Waals surface area contributed by atoms with Crippen molar-refractivity contribution in [3.63, 3.8) is 0 Å². The third kappa shape index (κ3) is 3.58. The van der Waals surface area contributed by atoms with Gasteiger partial charge in [0.25, 0.3) is 0 Å². The van der Waals surface area contributed by atoms with Crippen LogP contribution in [0.4, 0.5) is 0 Å². The zero-order valence-corrected chi connectivity index (χ0v) is 16.3. The summed E-state index contributed by atoms with van der Waals surface area (Å²) >= 11 is 10.0. The number of nitrogens with zero attached hydrogens (tertiary/aromatic N) is 3. The van der Waals surface area contributed by atoms with Crippen molar-refractivity contribution in [2.24, 2.45) is 5.92 Å². The Hall–Kier alpha value is -0.400. The van der Waals surface area contributed by atoms with Gasteiger partial charge < -0.3 is 4.74 Å². The number of aryl methyl sites for hydroxylation is 1. The predicted octanol–water partition coefficient (Wildman–Crippen LogP) is 3.89. The van der Waals surface area contributed by atoms with Crippen molar-refractivity contribution in [3.05, 3.63) is 15.6 Å². The molecule has 3 heterocycles. The van der Waals surface area contributed by atoms with Crippen molar-refractivity contribution in [1.29, 1.82) is 0 Å². The smallest absolute Gasteiger partial charge is 0.190 e. The first-order chi connectivity index (χ1) is 11.7. The molecule has 0 amide bonds. The van der Waals surface area contributed by atoms with Gasteiger partial charge in [0.15, 0.2) is 5.16 Å². The van der Waals surface area contributed by atoms with E-state index in [-0.39, 0.29) is 0 Å². The highest BCUT2D eigenvalue weighted by atomic mass is 35.5. The number of aromatic nitrogens is 2. The van der Waals surface area contributed by atoms with E-state index in [1.807, 2.05) is 11.3 Å². The molecule has 1 fully saturated rings. The zero-order valence-electron chi connectivity index (χ0n) is 13.9. The van der Waals surface area contributed by atoms with Gasteiger partial charge in [-0.15, -0.1) is 11.3 Å². The Kier molecular flexibility index (Phi) is 5.29. The standard InChI is InChI=1S/C17H22ClN3OS2/c1-11-2-3-12-13(10-11)24-16-14(12)15(18)19-17(20-16)23-9-6-21-4-7-22-8-5-21/h11H,2-10H2,1H3. The topological polar surface area (TPSA) is 38.2 Å². The lowest BCUT2D eigenvalue weighted by Crippen LogP contribution is -2.37. The summed E-state index contributed by atoms with van der Waals surface area (Å²) in [6, 6.07) is 0. The molecule has 4 rings (SSSR count). The Labute approximate surface area is 155 Å². The summed E-state index contributed by atoms with van der Waals surface area (Å²) in [4.78, 5) is 14.3. The number of fused-ring (bicyclic) bond motifs is 3. The Bertz CT molecular complexity index is 730. The van der Waals surface area contributed by atoms with Crippen LogP contribution in [0, 0.1) is 5.92 Å². The van der Waals surface area contributed by atoms with Crippen LogP contribution in [0.3, 0.4) is 0 Å². The Morgan fingerprint density at radius 1 is 1.33 bits per heavy atom. The average Bonchev–Trinajstić information content (AvgIpc) is 2.93. The second-order valence-corrected chi connectivity index (χ2v) is 9.14. The Balaban J connectivity index is 1.48. The van der Waals surface area contributed by atoms with Crippen LogP contribution in [0.2, 0.25) is 5.15 Å². The molecule has 1 saturated heterocycles. The summed E-state index contributed by atoms with van der Waals surface area (Å²) in [6.07, 6.45) is 3.51. The van der Waals surface area contributed by atoms with Crippen molar-refractivity contribution in [2.75, 3.05) is 38.6 Å². The average molecular weight is 384 g/mol. The molecule has 1 unspecified atom stereocenters. The summed E-state index contributed by atoms with van der Waals surface area (Å²) in [5.74, 6) is 1.75. The molecule has 1 aliphatic heterocycles. The number of thiophene rings is 1. The first-order valence-electron chi connectivity index (χ1n) is 8.61. The van der Waals surface area contributed by atoms with Gasteiger partial charge in [0, 0.05) is 30.3 Å². The molecule has 0 radical (unpaired) electrons. The highest BCUT2D eigenvalue weighted by Crippen LogP contribution is 2.40. The monoisotopic (exact) mass is 383 g/mol. The summed E-state index contributed by atoms with van der Waals surface area (Å²) in [6.45, 7) is 7.11. The van der Waals surface area contributed by atoms with E-state index in [1.54, 1.807) is 11.8 Å². The van der Waals surface area contributed by atoms with Crippen molar-refractivity contribution < 1.29 is 4.74 Å². The van der Waals surface area contributed by atoms with Gasteiger partial charge in [0.1, 0.15) is 9.98 Å². The van der Waals surface area contributed by atoms with Crippen molar-refractivity contribution in [1.82, 2.24) is 14.9 Å². The molecule has 2 aliphatic rings. The van der Waals surface area contributed by atoms with Crippen LogP contribution in [-0.2, 0) is 17.6 Å². The minimum Gasteiger partial charge on any atom is -0.379 e. The van der Waals surface area contributed by atoms with E-state index in [4.69, 9.17) is 21.3 Å². The highest BCUT2D eigenvalue weighted by Gasteiger charge is 2.23. The lowest BCUT2D eigenvalue weighted by atomic mass is 9.89. The van der Waals surface area contributed by atoms with Gasteiger partial charge in [-0.1, -0.05) is 30.3 Å². The number of ether oxygens (including phenoxy) is 1. The van der Waals surface area contributed by atoms with E-state index in [2.05, 4.69) is 16.8 Å². The summed E-state index contributed by atoms with van der Waals surface area (Å²) in [7, 11) is 0. The maximum atomic E-state index is 6.52. The zero-order chi connectivity index (χ0) is 16.5. The molecule has 2 aromatic rings. The molecular formula is C17H22ClN3OS2.